The third-order valence-electron chi connectivity index (χ3n) is 4.45. The Kier molecular flexibility index (Phi) is 5.90. The van der Waals surface area contributed by atoms with Gasteiger partial charge in [-0.15, -0.1) is 0 Å². The number of ether oxygens (including phenoxy) is 1. The third kappa shape index (κ3) is 4.70. The van der Waals surface area contributed by atoms with Gasteiger partial charge in [-0.25, -0.2) is 4.98 Å². The van der Waals surface area contributed by atoms with Crippen LogP contribution in [0, 0.1) is 10.1 Å². The second-order valence-corrected chi connectivity index (χ2v) is 7.36. The van der Waals surface area contributed by atoms with Crippen molar-refractivity contribution in [3.8, 4) is 17.2 Å². The van der Waals surface area contributed by atoms with Crippen molar-refractivity contribution in [1.82, 2.24) is 4.98 Å². The van der Waals surface area contributed by atoms with Crippen molar-refractivity contribution in [3.63, 3.8) is 0 Å². The van der Waals surface area contributed by atoms with E-state index in [1.54, 1.807) is 37.6 Å². The van der Waals surface area contributed by atoms with E-state index in [0.29, 0.717) is 32.7 Å². The van der Waals surface area contributed by atoms with Crippen LogP contribution in [0.5, 0.6) is 5.75 Å². The Morgan fingerprint density at radius 2 is 2.03 bits per heavy atom. The number of nitro groups is 1. The maximum atomic E-state index is 11.0. The molecular weight excluding hydrogens is 462 g/mol. The minimum absolute atomic E-state index is 0.0161. The zero-order valence-corrected chi connectivity index (χ0v) is 17.9. The Bertz CT molecular complexity index is 1330. The number of fused-ring (bicyclic) bond motifs is 1. The minimum Gasteiger partial charge on any atom is -0.497 e. The van der Waals surface area contributed by atoms with Crippen molar-refractivity contribution >= 4 is 50.7 Å². The predicted octanol–water partition coefficient (Wildman–Crippen LogP) is 6.59. The molecular formula is C23H16BrN3O4. The molecule has 0 bridgehead atoms. The quantitative estimate of drug-likeness (QED) is 0.177. The number of aromatic nitrogens is 1. The largest absolute Gasteiger partial charge is 0.497 e. The summed E-state index contributed by atoms with van der Waals surface area (Å²) in [6.07, 6.45) is 5.10. The summed E-state index contributed by atoms with van der Waals surface area (Å²) in [6, 6.07) is 17.9. The van der Waals surface area contributed by atoms with E-state index < -0.39 is 4.92 Å². The Labute approximate surface area is 186 Å². The second-order valence-electron chi connectivity index (χ2n) is 6.51. The van der Waals surface area contributed by atoms with Gasteiger partial charge in [-0.05, 0) is 70.0 Å². The van der Waals surface area contributed by atoms with Crippen molar-refractivity contribution in [2.45, 2.75) is 0 Å². The fraction of sp³-hybridized carbons (Fsp3) is 0.0435. The lowest BCUT2D eigenvalue weighted by atomic mass is 10.2. The molecule has 0 fully saturated rings. The molecule has 1 heterocycles. The number of hydrogen-bond donors (Lipinski definition) is 0. The zero-order valence-electron chi connectivity index (χ0n) is 16.4. The molecule has 0 saturated carbocycles. The monoisotopic (exact) mass is 477 g/mol. The molecule has 1 aromatic heterocycles. The zero-order chi connectivity index (χ0) is 21.8. The first kappa shape index (κ1) is 20.5. The number of methoxy groups -OCH3 is 1. The average Bonchev–Trinajstić information content (AvgIpc) is 3.21. The fourth-order valence-corrected chi connectivity index (χ4v) is 3.32. The van der Waals surface area contributed by atoms with E-state index in [0.717, 1.165) is 11.3 Å². The van der Waals surface area contributed by atoms with E-state index in [9.17, 15) is 10.1 Å². The third-order valence-corrected chi connectivity index (χ3v) is 5.12. The van der Waals surface area contributed by atoms with Gasteiger partial charge < -0.3 is 9.15 Å². The molecule has 31 heavy (non-hydrogen) atoms. The Balaban J connectivity index is 1.52. The number of benzene rings is 3. The molecule has 8 heteroatoms. The van der Waals surface area contributed by atoms with Crippen LogP contribution < -0.4 is 4.74 Å². The van der Waals surface area contributed by atoms with E-state index >= 15 is 0 Å². The maximum absolute atomic E-state index is 11.0. The second kappa shape index (κ2) is 8.93. The molecule has 0 radical (unpaired) electrons. The van der Waals surface area contributed by atoms with Crippen molar-refractivity contribution in [2.24, 2.45) is 4.99 Å². The summed E-state index contributed by atoms with van der Waals surface area (Å²) in [4.78, 5) is 19.5. The minimum atomic E-state index is -0.428. The number of hydrogen-bond acceptors (Lipinski definition) is 6. The standard InChI is InChI=1S/C23H16BrN3O4/c1-30-18-6-2-5-16(13-18)23-26-20-14-17(8-10-22(20)31-23)25-11-3-4-15-7-9-19(24)21(12-15)27(28)29/h2-14H,1H3. The van der Waals surface area contributed by atoms with E-state index in [-0.39, 0.29) is 5.69 Å². The first-order valence-electron chi connectivity index (χ1n) is 9.23. The van der Waals surface area contributed by atoms with E-state index in [4.69, 9.17) is 9.15 Å². The number of halogens is 1. The van der Waals surface area contributed by atoms with E-state index in [1.807, 2.05) is 42.5 Å². The molecule has 0 N–H and O–H groups in total. The normalized spacial score (nSPS) is 11.5. The molecule has 154 valence electrons. The lowest BCUT2D eigenvalue weighted by Crippen LogP contribution is -1.89. The van der Waals surface area contributed by atoms with Gasteiger partial charge in [0.25, 0.3) is 5.69 Å². The average molecular weight is 478 g/mol. The highest BCUT2D eigenvalue weighted by Gasteiger charge is 2.11. The first-order valence-corrected chi connectivity index (χ1v) is 10.0. The molecule has 0 aliphatic carbocycles. The van der Waals surface area contributed by atoms with Crippen molar-refractivity contribution in [3.05, 3.63) is 86.9 Å². The lowest BCUT2D eigenvalue weighted by Gasteiger charge is -2.00. The first-order chi connectivity index (χ1) is 15.0. The van der Waals surface area contributed by atoms with Gasteiger partial charge in [-0.3, -0.25) is 15.1 Å². The van der Waals surface area contributed by atoms with Crippen LogP contribution in [0.4, 0.5) is 11.4 Å². The summed E-state index contributed by atoms with van der Waals surface area (Å²) in [5.74, 6) is 1.24. The smallest absolute Gasteiger partial charge is 0.284 e. The van der Waals surface area contributed by atoms with Crippen LogP contribution >= 0.6 is 15.9 Å². The van der Waals surface area contributed by atoms with Gasteiger partial charge in [0.05, 0.1) is 22.2 Å². The Morgan fingerprint density at radius 3 is 2.84 bits per heavy atom. The molecule has 0 saturated heterocycles. The maximum Gasteiger partial charge on any atom is 0.284 e. The molecule has 4 aromatic rings. The molecule has 0 unspecified atom stereocenters. The Morgan fingerprint density at radius 1 is 1.16 bits per heavy atom. The van der Waals surface area contributed by atoms with Gasteiger partial charge in [0.2, 0.25) is 5.89 Å². The highest BCUT2D eigenvalue weighted by Crippen LogP contribution is 2.29. The molecule has 0 atom stereocenters. The summed E-state index contributed by atoms with van der Waals surface area (Å²) in [7, 11) is 1.61. The van der Waals surface area contributed by atoms with Crippen LogP contribution in [0.3, 0.4) is 0 Å². The summed E-state index contributed by atoms with van der Waals surface area (Å²) < 4.78 is 11.5. The van der Waals surface area contributed by atoms with Gasteiger partial charge in [-0.2, -0.15) is 0 Å². The van der Waals surface area contributed by atoms with Crippen molar-refractivity contribution < 1.29 is 14.1 Å². The molecule has 0 aliphatic rings. The van der Waals surface area contributed by atoms with Crippen LogP contribution in [0.2, 0.25) is 0 Å². The van der Waals surface area contributed by atoms with Crippen molar-refractivity contribution in [2.75, 3.05) is 7.11 Å². The molecule has 3 aromatic carbocycles. The molecule has 0 amide bonds. The number of rotatable bonds is 6. The number of nitrogens with zero attached hydrogens (tertiary/aromatic N) is 3. The van der Waals surface area contributed by atoms with Gasteiger partial charge in [0.15, 0.2) is 5.58 Å². The van der Waals surface area contributed by atoms with Gasteiger partial charge >= 0.3 is 0 Å². The van der Waals surface area contributed by atoms with Crippen LogP contribution in [0.1, 0.15) is 5.56 Å². The van der Waals surface area contributed by atoms with Gasteiger partial charge in [0.1, 0.15) is 11.3 Å². The van der Waals surface area contributed by atoms with Crippen LogP contribution in [0.15, 0.2) is 80.6 Å². The van der Waals surface area contributed by atoms with E-state index in [1.165, 1.54) is 6.07 Å². The lowest BCUT2D eigenvalue weighted by molar-refractivity contribution is -0.385. The fourth-order valence-electron chi connectivity index (χ4n) is 2.93. The van der Waals surface area contributed by atoms with Crippen LogP contribution in [-0.4, -0.2) is 23.2 Å². The van der Waals surface area contributed by atoms with Gasteiger partial charge in [-0.1, -0.05) is 18.2 Å². The molecule has 7 nitrogen and oxygen atoms in total. The number of nitro benzene ring substituents is 1. The predicted molar refractivity (Wildman–Crippen MR) is 124 cm³/mol. The summed E-state index contributed by atoms with van der Waals surface area (Å²) in [5.41, 5.74) is 3.62. The highest BCUT2D eigenvalue weighted by molar-refractivity contribution is 9.10. The topological polar surface area (TPSA) is 90.8 Å². The Hall–Kier alpha value is -3.78. The highest BCUT2D eigenvalue weighted by atomic mass is 79.9. The summed E-state index contributed by atoms with van der Waals surface area (Å²) >= 11 is 3.17. The van der Waals surface area contributed by atoms with Crippen molar-refractivity contribution in [1.29, 1.82) is 0 Å². The molecule has 0 spiro atoms. The summed E-state index contributed by atoms with van der Waals surface area (Å²) in [5, 5.41) is 11.0. The number of allylic oxidation sites excluding steroid dienone is 1. The summed E-state index contributed by atoms with van der Waals surface area (Å²) in [6.45, 7) is 0. The number of aliphatic imine (C=N–C) groups is 1. The van der Waals surface area contributed by atoms with E-state index in [2.05, 4.69) is 25.9 Å². The molecule has 4 rings (SSSR count). The van der Waals surface area contributed by atoms with Crippen LogP contribution in [0.25, 0.3) is 28.6 Å². The number of oxazole rings is 1. The molecule has 0 aliphatic heterocycles. The van der Waals surface area contributed by atoms with Gasteiger partial charge in [0, 0.05) is 17.8 Å². The SMILES string of the molecule is COc1cccc(-c2nc3cc(N=CC=Cc4ccc(Br)c([N+](=O)[O-])c4)ccc3o2)c1. The van der Waals surface area contributed by atoms with Crippen LogP contribution in [-0.2, 0) is 0 Å².